The average Bonchev–Trinajstić information content (AvgIpc) is 3.62. The fourth-order valence-corrected chi connectivity index (χ4v) is 7.63. The zero-order chi connectivity index (χ0) is 34.4. The van der Waals surface area contributed by atoms with Gasteiger partial charge in [-0.2, -0.15) is 0 Å². The highest BCUT2D eigenvalue weighted by Crippen LogP contribution is 2.45. The summed E-state index contributed by atoms with van der Waals surface area (Å²) in [5.41, 5.74) is 12.2. The molecule has 0 aliphatic heterocycles. The van der Waals surface area contributed by atoms with E-state index in [1.807, 2.05) is 0 Å². The van der Waals surface area contributed by atoms with Crippen molar-refractivity contribution in [2.45, 2.75) is 0 Å². The van der Waals surface area contributed by atoms with Gasteiger partial charge in [0.25, 0.3) is 0 Å². The summed E-state index contributed by atoms with van der Waals surface area (Å²) >= 11 is 0. The van der Waals surface area contributed by atoms with Crippen molar-refractivity contribution in [1.82, 2.24) is 0 Å². The fourth-order valence-electron chi connectivity index (χ4n) is 7.63. The topological polar surface area (TPSA) is 16.4 Å². The van der Waals surface area contributed by atoms with Gasteiger partial charge in [0, 0.05) is 22.1 Å². The lowest BCUT2D eigenvalue weighted by Gasteiger charge is -2.26. The van der Waals surface area contributed by atoms with Gasteiger partial charge in [-0.05, 0) is 104 Å². The van der Waals surface area contributed by atoms with E-state index in [9.17, 15) is 0 Å². The predicted molar refractivity (Wildman–Crippen MR) is 220 cm³/mol. The number of nitrogens with zero attached hydrogens (tertiary/aromatic N) is 1. The summed E-state index contributed by atoms with van der Waals surface area (Å²) < 4.78 is 6.63. The van der Waals surface area contributed by atoms with Gasteiger partial charge in [-0.15, -0.1) is 0 Å². The summed E-state index contributed by atoms with van der Waals surface area (Å²) in [6, 6.07) is 71.7. The van der Waals surface area contributed by atoms with Crippen LogP contribution in [0.2, 0.25) is 0 Å². The van der Waals surface area contributed by atoms with Crippen LogP contribution in [0.15, 0.2) is 205 Å². The van der Waals surface area contributed by atoms with E-state index in [1.54, 1.807) is 0 Å². The lowest BCUT2D eigenvalue weighted by Crippen LogP contribution is -2.10. The van der Waals surface area contributed by atoms with E-state index in [0.29, 0.717) is 0 Å². The normalized spacial score (nSPS) is 11.5. The van der Waals surface area contributed by atoms with Crippen LogP contribution in [0.1, 0.15) is 0 Å². The number of hydrogen-bond acceptors (Lipinski definition) is 2. The third-order valence-electron chi connectivity index (χ3n) is 10.2. The second-order valence-electron chi connectivity index (χ2n) is 13.4. The number of rotatable bonds is 6. The standard InChI is InChI=1S/C50H33NO/c1-2-10-34(11-3-1)36-22-27-43(28-23-36)51(47-18-9-19-48-49(47)46-31-26-38-13-6-7-17-45(38)50(46)52-48)44-29-24-37(25-30-44)40-15-8-16-41(32-40)42-21-20-35-12-4-5-14-39(35)33-42/h1-33H. The molecule has 52 heavy (non-hydrogen) atoms. The maximum atomic E-state index is 6.63. The molecule has 9 aromatic carbocycles. The predicted octanol–water partition coefficient (Wildman–Crippen LogP) is 14.4. The number of benzene rings is 9. The molecule has 0 atom stereocenters. The Hall–Kier alpha value is -6.90. The van der Waals surface area contributed by atoms with E-state index in [-0.39, 0.29) is 0 Å². The third kappa shape index (κ3) is 5.21. The first-order valence-electron chi connectivity index (χ1n) is 17.8. The second kappa shape index (κ2) is 12.5. The molecule has 0 aliphatic carbocycles. The summed E-state index contributed by atoms with van der Waals surface area (Å²) in [6.45, 7) is 0. The average molecular weight is 664 g/mol. The highest BCUT2D eigenvalue weighted by molar-refractivity contribution is 6.19. The van der Waals surface area contributed by atoms with Crippen LogP contribution in [0, 0.1) is 0 Å². The molecule has 0 unspecified atom stereocenters. The number of furan rings is 1. The van der Waals surface area contributed by atoms with Crippen molar-refractivity contribution < 1.29 is 4.42 Å². The van der Waals surface area contributed by atoms with Crippen molar-refractivity contribution in [3.05, 3.63) is 200 Å². The first-order chi connectivity index (χ1) is 25.8. The van der Waals surface area contributed by atoms with Gasteiger partial charge in [-0.3, -0.25) is 0 Å². The third-order valence-corrected chi connectivity index (χ3v) is 10.2. The molecule has 0 bridgehead atoms. The van der Waals surface area contributed by atoms with Gasteiger partial charge >= 0.3 is 0 Å². The molecular formula is C50H33NO. The molecule has 0 saturated heterocycles. The van der Waals surface area contributed by atoms with Gasteiger partial charge in [0.05, 0.1) is 11.1 Å². The van der Waals surface area contributed by atoms with Crippen LogP contribution in [0.3, 0.4) is 0 Å². The lowest BCUT2D eigenvalue weighted by molar-refractivity contribution is 0.672. The minimum Gasteiger partial charge on any atom is -0.455 e. The number of anilines is 3. The minimum absolute atomic E-state index is 0.872. The summed E-state index contributed by atoms with van der Waals surface area (Å²) in [5, 5.41) is 7.00. The quantitative estimate of drug-likeness (QED) is 0.176. The lowest BCUT2D eigenvalue weighted by atomic mass is 9.97. The molecule has 1 heterocycles. The van der Waals surface area contributed by atoms with Gasteiger partial charge in [0.15, 0.2) is 0 Å². The molecule has 244 valence electrons. The van der Waals surface area contributed by atoms with Crippen LogP contribution in [-0.2, 0) is 0 Å². The van der Waals surface area contributed by atoms with Crippen LogP contribution >= 0.6 is 0 Å². The largest absolute Gasteiger partial charge is 0.455 e. The Bertz CT molecular complexity index is 2890. The Morgan fingerprint density at radius 2 is 0.865 bits per heavy atom. The van der Waals surface area contributed by atoms with Crippen molar-refractivity contribution in [3.63, 3.8) is 0 Å². The van der Waals surface area contributed by atoms with Crippen molar-refractivity contribution >= 4 is 60.5 Å². The first-order valence-corrected chi connectivity index (χ1v) is 17.8. The van der Waals surface area contributed by atoms with Crippen molar-refractivity contribution in [1.29, 1.82) is 0 Å². The summed E-state index contributed by atoms with van der Waals surface area (Å²) in [7, 11) is 0. The van der Waals surface area contributed by atoms with E-state index >= 15 is 0 Å². The maximum absolute atomic E-state index is 6.63. The van der Waals surface area contributed by atoms with Crippen molar-refractivity contribution in [2.75, 3.05) is 4.90 Å². The molecule has 10 rings (SSSR count). The van der Waals surface area contributed by atoms with Crippen LogP contribution in [0.25, 0.3) is 76.9 Å². The van der Waals surface area contributed by atoms with Gasteiger partial charge in [0.1, 0.15) is 11.2 Å². The van der Waals surface area contributed by atoms with E-state index in [1.165, 1.54) is 49.5 Å². The summed E-state index contributed by atoms with van der Waals surface area (Å²) in [5.74, 6) is 0. The number of fused-ring (bicyclic) bond motifs is 6. The smallest absolute Gasteiger partial charge is 0.143 e. The van der Waals surface area contributed by atoms with Crippen LogP contribution in [0.5, 0.6) is 0 Å². The van der Waals surface area contributed by atoms with Crippen LogP contribution in [0.4, 0.5) is 17.1 Å². The van der Waals surface area contributed by atoms with E-state index in [4.69, 9.17) is 4.42 Å². The molecule has 0 amide bonds. The SMILES string of the molecule is c1ccc(-c2ccc(N(c3ccc(-c4cccc(-c5ccc6ccccc6c5)c4)cc3)c3cccc4oc5c6ccccc6ccc5c34)cc2)cc1. The van der Waals surface area contributed by atoms with Crippen molar-refractivity contribution in [2.24, 2.45) is 0 Å². The van der Waals surface area contributed by atoms with Gasteiger partial charge in [-0.25, -0.2) is 0 Å². The van der Waals surface area contributed by atoms with E-state index in [2.05, 4.69) is 205 Å². The Balaban J connectivity index is 1.09. The van der Waals surface area contributed by atoms with E-state index in [0.717, 1.165) is 44.4 Å². The fraction of sp³-hybridized carbons (Fsp3) is 0. The molecule has 10 aromatic rings. The molecule has 0 saturated carbocycles. The van der Waals surface area contributed by atoms with Crippen LogP contribution < -0.4 is 4.90 Å². The molecule has 0 aliphatic rings. The first kappa shape index (κ1) is 30.0. The molecule has 2 nitrogen and oxygen atoms in total. The molecule has 0 N–H and O–H groups in total. The Labute approximate surface area is 302 Å². The minimum atomic E-state index is 0.872. The molecule has 0 fully saturated rings. The maximum Gasteiger partial charge on any atom is 0.143 e. The summed E-state index contributed by atoms with van der Waals surface area (Å²) in [4.78, 5) is 2.36. The molecule has 0 spiro atoms. The number of hydrogen-bond donors (Lipinski definition) is 0. The Morgan fingerprint density at radius 3 is 1.63 bits per heavy atom. The molecular weight excluding hydrogens is 631 g/mol. The molecule has 0 radical (unpaired) electrons. The van der Waals surface area contributed by atoms with Crippen molar-refractivity contribution in [3.8, 4) is 33.4 Å². The Kier molecular flexibility index (Phi) is 7.18. The van der Waals surface area contributed by atoms with Gasteiger partial charge in [-0.1, -0.05) is 146 Å². The zero-order valence-electron chi connectivity index (χ0n) is 28.4. The molecule has 2 heteroatoms. The monoisotopic (exact) mass is 663 g/mol. The highest BCUT2D eigenvalue weighted by atomic mass is 16.3. The zero-order valence-corrected chi connectivity index (χ0v) is 28.4. The highest BCUT2D eigenvalue weighted by Gasteiger charge is 2.20. The van der Waals surface area contributed by atoms with Gasteiger partial charge < -0.3 is 9.32 Å². The van der Waals surface area contributed by atoms with Crippen LogP contribution in [-0.4, -0.2) is 0 Å². The molecule has 1 aromatic heterocycles. The van der Waals surface area contributed by atoms with Gasteiger partial charge in [0.2, 0.25) is 0 Å². The van der Waals surface area contributed by atoms with E-state index < -0.39 is 0 Å². The summed E-state index contributed by atoms with van der Waals surface area (Å²) in [6.07, 6.45) is 0. The second-order valence-corrected chi connectivity index (χ2v) is 13.4. The Morgan fingerprint density at radius 1 is 0.327 bits per heavy atom.